The second kappa shape index (κ2) is 5.56. The monoisotopic (exact) mass is 248 g/mol. The van der Waals surface area contributed by atoms with Crippen LogP contribution in [-0.2, 0) is 11.1 Å². The maximum Gasteiger partial charge on any atom is 1.00 e. The van der Waals surface area contributed by atoms with E-state index in [1.165, 1.54) is 6.07 Å². The molecule has 1 aromatic carbocycles. The van der Waals surface area contributed by atoms with Crippen LogP contribution in [0.5, 0.6) is 5.75 Å². The molecule has 0 aliphatic carbocycles. The van der Waals surface area contributed by atoms with Crippen molar-refractivity contribution in [1.29, 1.82) is 0 Å². The Balaban J connectivity index is 0.00000144. The Kier molecular flexibility index (Phi) is 5.86. The molecule has 0 saturated heterocycles. The van der Waals surface area contributed by atoms with Crippen molar-refractivity contribution in [3.63, 3.8) is 0 Å². The van der Waals surface area contributed by atoms with E-state index in [-0.39, 0.29) is 44.5 Å². The van der Waals surface area contributed by atoms with Crippen LogP contribution in [0.1, 0.15) is 0 Å². The predicted octanol–water partition coefficient (Wildman–Crippen LogP) is -1.35. The van der Waals surface area contributed by atoms with E-state index < -0.39 is 16.8 Å². The summed E-state index contributed by atoms with van der Waals surface area (Å²) >= 11 is 8.58. The van der Waals surface area contributed by atoms with Gasteiger partial charge in [-0.25, -0.2) is 4.21 Å². The van der Waals surface area contributed by atoms with E-state index in [9.17, 15) is 9.32 Å². The van der Waals surface area contributed by atoms with Gasteiger partial charge in [-0.05, 0) is 12.1 Å². The molecular formula is C6H3Cl2NaO3S. The third-order valence-corrected chi connectivity index (χ3v) is 2.34. The third-order valence-electron chi connectivity index (χ3n) is 1.16. The molecule has 13 heavy (non-hydrogen) atoms. The molecule has 0 bridgehead atoms. The average molecular weight is 249 g/mol. The number of benzene rings is 1. The van der Waals surface area contributed by atoms with E-state index in [0.717, 1.165) is 6.07 Å². The maximum absolute atomic E-state index is 11.0. The fourth-order valence-electron chi connectivity index (χ4n) is 0.666. The SMILES string of the molecule is O=S(O)c1cc(Cl)cc(Cl)c1[O-].[Na+]. The van der Waals surface area contributed by atoms with Crippen LogP contribution in [-0.4, -0.2) is 8.76 Å². The molecule has 3 nitrogen and oxygen atoms in total. The van der Waals surface area contributed by atoms with Gasteiger partial charge in [0, 0.05) is 10.0 Å². The topological polar surface area (TPSA) is 60.4 Å². The Morgan fingerprint density at radius 1 is 1.38 bits per heavy atom. The Morgan fingerprint density at radius 3 is 2.38 bits per heavy atom. The number of halogens is 2. The summed E-state index contributed by atoms with van der Waals surface area (Å²) in [5, 5.41) is 11.0. The van der Waals surface area contributed by atoms with Crippen molar-refractivity contribution in [3.05, 3.63) is 22.2 Å². The van der Waals surface area contributed by atoms with Gasteiger partial charge >= 0.3 is 29.6 Å². The molecule has 1 rings (SSSR count). The fourth-order valence-corrected chi connectivity index (χ4v) is 1.78. The largest absolute Gasteiger partial charge is 1.00 e. The van der Waals surface area contributed by atoms with Gasteiger partial charge in [-0.15, -0.1) is 0 Å². The van der Waals surface area contributed by atoms with Crippen molar-refractivity contribution < 1.29 is 43.4 Å². The van der Waals surface area contributed by atoms with Gasteiger partial charge in [0.2, 0.25) is 0 Å². The molecule has 0 amide bonds. The van der Waals surface area contributed by atoms with Crippen molar-refractivity contribution >= 4 is 34.3 Å². The van der Waals surface area contributed by atoms with Crippen LogP contribution in [0.25, 0.3) is 0 Å². The van der Waals surface area contributed by atoms with Crippen LogP contribution in [0.3, 0.4) is 0 Å². The van der Waals surface area contributed by atoms with E-state index >= 15 is 0 Å². The van der Waals surface area contributed by atoms with Gasteiger partial charge in [0.1, 0.15) is 0 Å². The van der Waals surface area contributed by atoms with E-state index in [1.807, 2.05) is 0 Å². The van der Waals surface area contributed by atoms with Crippen molar-refractivity contribution in [2.24, 2.45) is 0 Å². The van der Waals surface area contributed by atoms with Crippen LogP contribution in [0.2, 0.25) is 10.0 Å². The summed E-state index contributed by atoms with van der Waals surface area (Å²) in [4.78, 5) is -0.299. The quantitative estimate of drug-likeness (QED) is 0.494. The van der Waals surface area contributed by atoms with Crippen molar-refractivity contribution in [2.75, 3.05) is 0 Å². The Hall–Kier alpha value is 0.710. The molecule has 0 saturated carbocycles. The van der Waals surface area contributed by atoms with E-state index in [2.05, 4.69) is 0 Å². The molecule has 66 valence electrons. The predicted molar refractivity (Wildman–Crippen MR) is 44.9 cm³/mol. The van der Waals surface area contributed by atoms with Crippen LogP contribution in [0, 0.1) is 0 Å². The molecular weight excluding hydrogens is 246 g/mol. The molecule has 0 heterocycles. The molecule has 1 unspecified atom stereocenters. The third kappa shape index (κ3) is 3.40. The van der Waals surface area contributed by atoms with Gasteiger partial charge in [-0.1, -0.05) is 29.0 Å². The Morgan fingerprint density at radius 2 is 1.92 bits per heavy atom. The molecule has 0 spiro atoms. The van der Waals surface area contributed by atoms with Gasteiger partial charge in [0.15, 0.2) is 11.1 Å². The molecule has 1 aromatic rings. The zero-order valence-electron chi connectivity index (χ0n) is 6.58. The van der Waals surface area contributed by atoms with Crippen molar-refractivity contribution in [2.45, 2.75) is 4.90 Å². The first-order valence-electron chi connectivity index (χ1n) is 2.79. The molecule has 0 radical (unpaired) electrons. The van der Waals surface area contributed by atoms with Crippen LogP contribution in [0.4, 0.5) is 0 Å². The first-order valence-corrected chi connectivity index (χ1v) is 4.65. The minimum absolute atomic E-state index is 0. The molecule has 7 heteroatoms. The molecule has 1 atom stereocenters. The molecule has 0 aromatic heterocycles. The summed E-state index contributed by atoms with van der Waals surface area (Å²) in [5.74, 6) is -0.665. The molecule has 0 aliphatic heterocycles. The summed E-state index contributed by atoms with van der Waals surface area (Å²) in [6.07, 6.45) is 0. The number of hydrogen-bond donors (Lipinski definition) is 1. The summed E-state index contributed by atoms with van der Waals surface area (Å²) in [6.45, 7) is 0. The number of hydrogen-bond acceptors (Lipinski definition) is 2. The van der Waals surface area contributed by atoms with Crippen molar-refractivity contribution in [1.82, 2.24) is 0 Å². The number of rotatable bonds is 1. The van der Waals surface area contributed by atoms with Crippen LogP contribution < -0.4 is 34.7 Å². The standard InChI is InChI=1S/C6H4Cl2O3S.Na/c7-3-1-4(8)6(9)5(2-3)12(10)11;/h1-2,9H,(H,10,11);/q;+1/p-1. The van der Waals surface area contributed by atoms with Gasteiger partial charge in [-0.2, -0.15) is 0 Å². The smallest absolute Gasteiger partial charge is 0.871 e. The van der Waals surface area contributed by atoms with Gasteiger partial charge < -0.3 is 9.66 Å². The summed E-state index contributed by atoms with van der Waals surface area (Å²) < 4.78 is 19.1. The van der Waals surface area contributed by atoms with Gasteiger partial charge in [0.05, 0.1) is 4.90 Å². The van der Waals surface area contributed by atoms with E-state index in [4.69, 9.17) is 27.8 Å². The second-order valence-electron chi connectivity index (χ2n) is 1.96. The summed E-state index contributed by atoms with van der Waals surface area (Å²) in [6, 6.07) is 2.34. The maximum atomic E-state index is 11.0. The van der Waals surface area contributed by atoms with Gasteiger partial charge in [0.25, 0.3) is 0 Å². The Bertz CT molecular complexity index is 345. The fraction of sp³-hybridized carbons (Fsp3) is 0. The van der Waals surface area contributed by atoms with Gasteiger partial charge in [-0.3, -0.25) is 0 Å². The van der Waals surface area contributed by atoms with Crippen LogP contribution >= 0.6 is 23.2 Å². The first-order chi connectivity index (χ1) is 5.52. The van der Waals surface area contributed by atoms with Crippen molar-refractivity contribution in [3.8, 4) is 5.75 Å². The molecule has 1 N–H and O–H groups in total. The van der Waals surface area contributed by atoms with Crippen LogP contribution in [0.15, 0.2) is 17.0 Å². The average Bonchev–Trinajstić information content (AvgIpc) is 1.96. The zero-order chi connectivity index (χ0) is 9.30. The minimum atomic E-state index is -2.34. The van der Waals surface area contributed by atoms with E-state index in [1.54, 1.807) is 0 Å². The molecule has 0 fully saturated rings. The summed E-state index contributed by atoms with van der Waals surface area (Å²) in [5.41, 5.74) is 0. The first kappa shape index (κ1) is 13.7. The zero-order valence-corrected chi connectivity index (χ0v) is 10.9. The van der Waals surface area contributed by atoms with E-state index in [0.29, 0.717) is 0 Å². The molecule has 0 aliphatic rings. The Labute approximate surface area is 110 Å². The minimum Gasteiger partial charge on any atom is -0.871 e. The normalized spacial score (nSPS) is 11.9. The summed E-state index contributed by atoms with van der Waals surface area (Å²) in [7, 11) is 0. The second-order valence-corrected chi connectivity index (χ2v) is 3.75.